The molecule has 0 fully saturated rings. The molecule has 0 spiro atoms. The number of hydrogen-bond acceptors (Lipinski definition) is 6. The van der Waals surface area contributed by atoms with E-state index in [1.807, 2.05) is 0 Å². The first-order chi connectivity index (χ1) is 4.86. The summed E-state index contributed by atoms with van der Waals surface area (Å²) in [5.74, 6) is 0. The van der Waals surface area contributed by atoms with Gasteiger partial charge in [-0.1, -0.05) is 10.2 Å². The first kappa shape index (κ1) is 6.35. The van der Waals surface area contributed by atoms with E-state index in [0.29, 0.717) is 0 Å². The number of ether oxygens (including phenoxy) is 1. The van der Waals surface area contributed by atoms with Gasteiger partial charge in [0.25, 0.3) is 0 Å². The number of methoxy groups -OCH3 is 1. The highest BCUT2D eigenvalue weighted by Gasteiger charge is 2.02. The number of nitrogens with zero attached hydrogens (tertiary/aromatic N) is 3. The van der Waals surface area contributed by atoms with Crippen LogP contribution < -0.4 is 10.1 Å². The maximum atomic E-state index is 8.07. The Labute approximate surface area is 56.4 Å². The van der Waals surface area contributed by atoms with Crippen LogP contribution in [0.2, 0.25) is 0 Å². The Balaban J connectivity index is 2.70. The van der Waals surface area contributed by atoms with E-state index in [4.69, 9.17) is 9.68 Å². The molecular weight excluding hydrogens is 136 g/mol. The van der Waals surface area contributed by atoms with E-state index in [9.17, 15) is 0 Å². The van der Waals surface area contributed by atoms with E-state index in [0.717, 1.165) is 0 Å². The van der Waals surface area contributed by atoms with Crippen molar-refractivity contribution in [3.05, 3.63) is 0 Å². The number of hydrogen-bond donors (Lipinski definition) is 1. The van der Waals surface area contributed by atoms with Crippen molar-refractivity contribution in [2.45, 2.75) is 0 Å². The van der Waals surface area contributed by atoms with E-state index in [2.05, 4.69) is 20.3 Å². The van der Waals surface area contributed by atoms with Crippen LogP contribution in [-0.2, 0) is 0 Å². The quantitative estimate of drug-likeness (QED) is 0.458. The number of aromatic nitrogens is 2. The largest absolute Gasteiger partial charge is 0.452 e. The maximum Gasteiger partial charge on any atom is 0.415 e. The van der Waals surface area contributed by atoms with Crippen LogP contribution in [0.15, 0.2) is 4.42 Å². The molecule has 6 nitrogen and oxygen atoms in total. The van der Waals surface area contributed by atoms with Crippen LogP contribution in [0.5, 0.6) is 6.08 Å². The lowest BCUT2D eigenvalue weighted by Gasteiger charge is -1.84. The Morgan fingerprint density at radius 2 is 2.50 bits per heavy atom. The molecule has 0 saturated heterocycles. The smallest absolute Gasteiger partial charge is 0.415 e. The predicted octanol–water partition coefficient (Wildman–Crippen LogP) is -0.0288. The normalized spacial score (nSPS) is 8.40. The summed E-state index contributed by atoms with van der Waals surface area (Å²) >= 11 is 0. The molecule has 1 rings (SSSR count). The summed E-state index contributed by atoms with van der Waals surface area (Å²) in [4.78, 5) is 0. The highest BCUT2D eigenvalue weighted by atomic mass is 16.6. The van der Waals surface area contributed by atoms with Gasteiger partial charge in [0.1, 0.15) is 0 Å². The molecule has 0 amide bonds. The summed E-state index contributed by atoms with van der Waals surface area (Å²) in [6.45, 7) is 0. The lowest BCUT2D eigenvalue weighted by atomic mass is 11.1. The average Bonchev–Trinajstić information content (AvgIpc) is 2.37. The van der Waals surface area contributed by atoms with Crippen LogP contribution in [0.1, 0.15) is 0 Å². The molecule has 0 radical (unpaired) electrons. The summed E-state index contributed by atoms with van der Waals surface area (Å²) in [6.07, 6.45) is 1.65. The summed E-state index contributed by atoms with van der Waals surface area (Å²) in [5, 5.41) is 17.0. The zero-order valence-electron chi connectivity index (χ0n) is 5.16. The molecule has 6 heteroatoms. The van der Waals surface area contributed by atoms with Gasteiger partial charge in [0.05, 0.1) is 7.11 Å². The molecule has 10 heavy (non-hydrogen) atoms. The average molecular weight is 140 g/mol. The lowest BCUT2D eigenvalue weighted by Crippen LogP contribution is -1.85. The number of anilines is 1. The topological polar surface area (TPSA) is 84.0 Å². The summed E-state index contributed by atoms with van der Waals surface area (Å²) in [5.41, 5.74) is 0. The van der Waals surface area contributed by atoms with Gasteiger partial charge in [-0.05, 0) is 0 Å². The molecular formula is C4H4N4O2. The Morgan fingerprint density at radius 3 is 3.00 bits per heavy atom. The molecule has 0 aliphatic rings. The molecule has 0 aliphatic heterocycles. The molecule has 0 aliphatic carbocycles. The zero-order chi connectivity index (χ0) is 7.40. The SMILES string of the molecule is COc1nnc(NC#N)o1. The number of nitriles is 1. The molecule has 1 aromatic heterocycles. The molecule has 0 aromatic carbocycles. The Hall–Kier alpha value is -1.77. The predicted molar refractivity (Wildman–Crippen MR) is 30.1 cm³/mol. The third-order valence-corrected chi connectivity index (χ3v) is 0.744. The number of nitrogens with one attached hydrogen (secondary N) is 1. The van der Waals surface area contributed by atoms with E-state index >= 15 is 0 Å². The molecule has 0 bridgehead atoms. The molecule has 0 saturated carbocycles. The van der Waals surface area contributed by atoms with Gasteiger partial charge >= 0.3 is 12.1 Å². The van der Waals surface area contributed by atoms with Gasteiger partial charge in [-0.2, -0.15) is 5.26 Å². The minimum absolute atomic E-state index is 0.0257. The van der Waals surface area contributed by atoms with Gasteiger partial charge in [0, 0.05) is 0 Å². The summed E-state index contributed by atoms with van der Waals surface area (Å²) in [7, 11) is 1.39. The van der Waals surface area contributed by atoms with Gasteiger partial charge in [-0.25, -0.2) is 5.32 Å². The van der Waals surface area contributed by atoms with Crippen molar-refractivity contribution < 1.29 is 9.15 Å². The molecule has 1 heterocycles. The summed E-state index contributed by atoms with van der Waals surface area (Å²) in [6, 6.07) is 0.0272. The fourth-order valence-electron chi connectivity index (χ4n) is 0.391. The maximum absolute atomic E-state index is 8.07. The van der Waals surface area contributed by atoms with Crippen LogP contribution in [0.3, 0.4) is 0 Å². The van der Waals surface area contributed by atoms with Crippen molar-refractivity contribution in [2.24, 2.45) is 0 Å². The van der Waals surface area contributed by atoms with Gasteiger partial charge < -0.3 is 9.15 Å². The fraction of sp³-hybridized carbons (Fsp3) is 0.250. The van der Waals surface area contributed by atoms with E-state index in [1.165, 1.54) is 7.11 Å². The first-order valence-electron chi connectivity index (χ1n) is 2.39. The van der Waals surface area contributed by atoms with Crippen LogP contribution in [0.25, 0.3) is 0 Å². The van der Waals surface area contributed by atoms with Crippen molar-refractivity contribution in [3.63, 3.8) is 0 Å². The minimum Gasteiger partial charge on any atom is -0.452 e. The van der Waals surface area contributed by atoms with Gasteiger partial charge in [0.15, 0.2) is 6.19 Å². The molecule has 0 unspecified atom stereocenters. The third kappa shape index (κ3) is 1.14. The van der Waals surface area contributed by atoms with E-state index < -0.39 is 0 Å². The van der Waals surface area contributed by atoms with Crippen molar-refractivity contribution in [2.75, 3.05) is 12.4 Å². The highest BCUT2D eigenvalue weighted by molar-refractivity contribution is 5.24. The van der Waals surface area contributed by atoms with E-state index in [-0.39, 0.29) is 12.1 Å². The Morgan fingerprint density at radius 1 is 1.70 bits per heavy atom. The van der Waals surface area contributed by atoms with E-state index in [1.54, 1.807) is 6.19 Å². The van der Waals surface area contributed by atoms with Gasteiger partial charge in [-0.15, -0.1) is 0 Å². The zero-order valence-corrected chi connectivity index (χ0v) is 5.16. The van der Waals surface area contributed by atoms with Crippen molar-refractivity contribution in [1.82, 2.24) is 10.2 Å². The monoisotopic (exact) mass is 140 g/mol. The second-order valence-corrected chi connectivity index (χ2v) is 1.31. The molecule has 1 aromatic rings. The minimum atomic E-state index is 0.0257. The third-order valence-electron chi connectivity index (χ3n) is 0.744. The van der Waals surface area contributed by atoms with Crippen LogP contribution >= 0.6 is 0 Å². The van der Waals surface area contributed by atoms with Crippen LogP contribution in [0.4, 0.5) is 6.01 Å². The summed E-state index contributed by atoms with van der Waals surface area (Å²) < 4.78 is 9.25. The standard InChI is InChI=1S/C4H4N4O2/c1-9-4-8-7-3(10-4)6-2-5/h1H3,(H,6,7). The highest BCUT2D eigenvalue weighted by Crippen LogP contribution is 2.10. The van der Waals surface area contributed by atoms with Gasteiger partial charge in [-0.3, -0.25) is 0 Å². The molecule has 52 valence electrons. The number of rotatable bonds is 2. The van der Waals surface area contributed by atoms with Crippen molar-refractivity contribution >= 4 is 6.01 Å². The van der Waals surface area contributed by atoms with Crippen LogP contribution in [-0.4, -0.2) is 17.3 Å². The lowest BCUT2D eigenvalue weighted by molar-refractivity contribution is 0.294. The van der Waals surface area contributed by atoms with Crippen molar-refractivity contribution in [1.29, 1.82) is 5.26 Å². The second-order valence-electron chi connectivity index (χ2n) is 1.31. The molecule has 1 N–H and O–H groups in total. The van der Waals surface area contributed by atoms with Crippen molar-refractivity contribution in [3.8, 4) is 12.3 Å². The molecule has 0 atom stereocenters. The van der Waals surface area contributed by atoms with Crippen LogP contribution in [0, 0.1) is 11.5 Å². The fourth-order valence-corrected chi connectivity index (χ4v) is 0.391. The Bertz CT molecular complexity index is 250. The second kappa shape index (κ2) is 2.68. The Kier molecular flexibility index (Phi) is 1.70. The first-order valence-corrected chi connectivity index (χ1v) is 2.39. The van der Waals surface area contributed by atoms with Gasteiger partial charge in [0.2, 0.25) is 0 Å².